The number of para-hydroxylation sites is 2. The number of amides is 1. The number of hydrogen-bond donors (Lipinski definition) is 2. The Bertz CT molecular complexity index is 710. The lowest BCUT2D eigenvalue weighted by atomic mass is 10.1. The van der Waals surface area contributed by atoms with Gasteiger partial charge in [-0.05, 0) is 25.1 Å². The van der Waals surface area contributed by atoms with Crippen LogP contribution >= 0.6 is 0 Å². The maximum Gasteiger partial charge on any atom is 0.435 e. The molecule has 0 saturated heterocycles. The fraction of sp³-hybridized carbons (Fsp3) is 0.333. The second kappa shape index (κ2) is 6.31. The third-order valence-electron chi connectivity index (χ3n) is 3.33. The van der Waals surface area contributed by atoms with Crippen LogP contribution in [0, 0.1) is 12.8 Å². The lowest BCUT2D eigenvalue weighted by Gasteiger charge is -2.14. The minimum atomic E-state index is -4.52. The first-order chi connectivity index (χ1) is 10.7. The number of nitrogens with one attached hydrogen (secondary N) is 1. The standard InChI is InChI=1S/C15H16F3N3O2/c1-9(14(23)19-11-5-3-4-6-12(11)22)8-21-10(2)7-13(20-21)15(16,17)18/h3-7,9,22H,8H2,1-2H3,(H,19,23). The summed E-state index contributed by atoms with van der Waals surface area (Å²) < 4.78 is 39.0. The highest BCUT2D eigenvalue weighted by molar-refractivity contribution is 5.93. The Morgan fingerprint density at radius 1 is 1.39 bits per heavy atom. The molecule has 5 nitrogen and oxygen atoms in total. The third kappa shape index (κ3) is 4.02. The van der Waals surface area contributed by atoms with Crippen molar-refractivity contribution >= 4 is 11.6 Å². The highest BCUT2D eigenvalue weighted by atomic mass is 19.4. The highest BCUT2D eigenvalue weighted by Gasteiger charge is 2.34. The number of aryl methyl sites for hydroxylation is 1. The first-order valence-corrected chi connectivity index (χ1v) is 6.89. The second-order valence-corrected chi connectivity index (χ2v) is 5.26. The molecule has 1 aromatic heterocycles. The molecule has 2 rings (SSSR count). The normalized spacial score (nSPS) is 12.9. The summed E-state index contributed by atoms with van der Waals surface area (Å²) >= 11 is 0. The van der Waals surface area contributed by atoms with Crippen LogP contribution in [0.4, 0.5) is 18.9 Å². The molecule has 1 amide bonds. The Labute approximate surface area is 130 Å². The van der Waals surface area contributed by atoms with E-state index in [4.69, 9.17) is 0 Å². The molecule has 0 aliphatic carbocycles. The third-order valence-corrected chi connectivity index (χ3v) is 3.33. The first kappa shape index (κ1) is 16.9. The fourth-order valence-corrected chi connectivity index (χ4v) is 2.01. The lowest BCUT2D eigenvalue weighted by Crippen LogP contribution is -2.25. The molecule has 0 saturated carbocycles. The van der Waals surface area contributed by atoms with Crippen molar-refractivity contribution in [3.8, 4) is 5.75 Å². The molecule has 0 bridgehead atoms. The number of alkyl halides is 3. The predicted octanol–water partition coefficient (Wildman–Crippen LogP) is 3.19. The van der Waals surface area contributed by atoms with Gasteiger partial charge in [-0.2, -0.15) is 18.3 Å². The molecule has 0 aliphatic rings. The van der Waals surface area contributed by atoms with Crippen LogP contribution in [0.3, 0.4) is 0 Å². The SMILES string of the molecule is Cc1cc(C(F)(F)F)nn1CC(C)C(=O)Nc1ccccc1O. The van der Waals surface area contributed by atoms with E-state index in [1.165, 1.54) is 19.1 Å². The van der Waals surface area contributed by atoms with Crippen LogP contribution in [-0.2, 0) is 17.5 Å². The number of halogens is 3. The number of benzene rings is 1. The average molecular weight is 327 g/mol. The predicted molar refractivity (Wildman–Crippen MR) is 77.9 cm³/mol. The molecule has 1 unspecified atom stereocenters. The van der Waals surface area contributed by atoms with Crippen LogP contribution in [0.15, 0.2) is 30.3 Å². The number of hydrogen-bond acceptors (Lipinski definition) is 3. The monoisotopic (exact) mass is 327 g/mol. The summed E-state index contributed by atoms with van der Waals surface area (Å²) in [5, 5.41) is 15.6. The zero-order valence-corrected chi connectivity index (χ0v) is 12.6. The van der Waals surface area contributed by atoms with Gasteiger partial charge in [0.05, 0.1) is 18.2 Å². The number of aromatic hydroxyl groups is 1. The second-order valence-electron chi connectivity index (χ2n) is 5.26. The van der Waals surface area contributed by atoms with Gasteiger partial charge in [-0.25, -0.2) is 0 Å². The summed E-state index contributed by atoms with van der Waals surface area (Å²) in [5.74, 6) is -1.13. The van der Waals surface area contributed by atoms with Gasteiger partial charge in [0.25, 0.3) is 0 Å². The Balaban J connectivity index is 2.07. The molecule has 1 atom stereocenters. The fourth-order valence-electron chi connectivity index (χ4n) is 2.01. The van der Waals surface area contributed by atoms with E-state index in [-0.39, 0.29) is 18.0 Å². The van der Waals surface area contributed by atoms with Crippen LogP contribution in [-0.4, -0.2) is 20.8 Å². The van der Waals surface area contributed by atoms with E-state index < -0.39 is 23.7 Å². The Kier molecular flexibility index (Phi) is 4.63. The number of phenolic OH excluding ortho intramolecular Hbond substituents is 1. The van der Waals surface area contributed by atoms with Crippen molar-refractivity contribution in [1.82, 2.24) is 9.78 Å². The molecule has 124 valence electrons. The Morgan fingerprint density at radius 2 is 2.04 bits per heavy atom. The van der Waals surface area contributed by atoms with Crippen LogP contribution in [0.2, 0.25) is 0 Å². The topological polar surface area (TPSA) is 67.2 Å². The summed E-state index contributed by atoms with van der Waals surface area (Å²) in [6.07, 6.45) is -4.52. The van der Waals surface area contributed by atoms with Gasteiger partial charge in [0.15, 0.2) is 5.69 Å². The van der Waals surface area contributed by atoms with E-state index in [2.05, 4.69) is 10.4 Å². The van der Waals surface area contributed by atoms with Gasteiger partial charge in [-0.1, -0.05) is 19.1 Å². The lowest BCUT2D eigenvalue weighted by molar-refractivity contribution is -0.141. The minimum Gasteiger partial charge on any atom is -0.506 e. The van der Waals surface area contributed by atoms with E-state index in [0.717, 1.165) is 10.7 Å². The van der Waals surface area contributed by atoms with Crippen molar-refractivity contribution < 1.29 is 23.1 Å². The van der Waals surface area contributed by atoms with E-state index in [1.54, 1.807) is 19.1 Å². The van der Waals surface area contributed by atoms with Gasteiger partial charge in [0.1, 0.15) is 5.75 Å². The van der Waals surface area contributed by atoms with Crippen LogP contribution in [0.25, 0.3) is 0 Å². The molecule has 0 spiro atoms. The number of nitrogens with zero attached hydrogens (tertiary/aromatic N) is 2. The van der Waals surface area contributed by atoms with Crippen LogP contribution < -0.4 is 5.32 Å². The van der Waals surface area contributed by atoms with Crippen molar-refractivity contribution in [2.24, 2.45) is 5.92 Å². The zero-order chi connectivity index (χ0) is 17.2. The van der Waals surface area contributed by atoms with E-state index in [9.17, 15) is 23.1 Å². The summed E-state index contributed by atoms with van der Waals surface area (Å²) in [7, 11) is 0. The molecule has 0 aliphatic heterocycles. The quantitative estimate of drug-likeness (QED) is 0.848. The van der Waals surface area contributed by atoms with Crippen LogP contribution in [0.5, 0.6) is 5.75 Å². The molecule has 0 fully saturated rings. The molecule has 8 heteroatoms. The molecular weight excluding hydrogens is 311 g/mol. The summed E-state index contributed by atoms with van der Waals surface area (Å²) in [4.78, 5) is 12.1. The van der Waals surface area contributed by atoms with Crippen molar-refractivity contribution in [3.63, 3.8) is 0 Å². The van der Waals surface area contributed by atoms with Gasteiger partial charge < -0.3 is 10.4 Å². The zero-order valence-electron chi connectivity index (χ0n) is 12.6. The number of carbonyl (C=O) groups excluding carboxylic acids is 1. The average Bonchev–Trinajstić information content (AvgIpc) is 2.82. The molecule has 2 aromatic rings. The summed E-state index contributed by atoms with van der Waals surface area (Å²) in [5.41, 5.74) is -0.416. The summed E-state index contributed by atoms with van der Waals surface area (Å²) in [6, 6.07) is 7.15. The molecule has 2 N–H and O–H groups in total. The first-order valence-electron chi connectivity index (χ1n) is 6.89. The van der Waals surface area contributed by atoms with Crippen molar-refractivity contribution in [3.05, 3.63) is 41.7 Å². The van der Waals surface area contributed by atoms with Crippen molar-refractivity contribution in [2.75, 3.05) is 5.32 Å². The Morgan fingerprint density at radius 3 is 2.61 bits per heavy atom. The molecule has 23 heavy (non-hydrogen) atoms. The Hall–Kier alpha value is -2.51. The number of carbonyl (C=O) groups is 1. The van der Waals surface area contributed by atoms with Crippen LogP contribution in [0.1, 0.15) is 18.3 Å². The van der Waals surface area contributed by atoms with Gasteiger partial charge in [-0.15, -0.1) is 0 Å². The number of anilines is 1. The number of aromatic nitrogens is 2. The van der Waals surface area contributed by atoms with Crippen molar-refractivity contribution in [1.29, 1.82) is 0 Å². The number of rotatable bonds is 4. The molecule has 1 aromatic carbocycles. The summed E-state index contributed by atoms with van der Waals surface area (Å²) in [6.45, 7) is 3.07. The van der Waals surface area contributed by atoms with E-state index in [1.807, 2.05) is 0 Å². The van der Waals surface area contributed by atoms with Gasteiger partial charge in [0, 0.05) is 5.69 Å². The molecule has 1 heterocycles. The van der Waals surface area contributed by atoms with E-state index >= 15 is 0 Å². The van der Waals surface area contributed by atoms with Gasteiger partial charge >= 0.3 is 6.18 Å². The number of phenols is 1. The van der Waals surface area contributed by atoms with Crippen molar-refractivity contribution in [2.45, 2.75) is 26.6 Å². The smallest absolute Gasteiger partial charge is 0.435 e. The molecule has 0 radical (unpaired) electrons. The maximum atomic E-state index is 12.6. The minimum absolute atomic E-state index is 0.00133. The molecular formula is C15H16F3N3O2. The maximum absolute atomic E-state index is 12.6. The van der Waals surface area contributed by atoms with Gasteiger partial charge in [-0.3, -0.25) is 9.48 Å². The highest BCUT2D eigenvalue weighted by Crippen LogP contribution is 2.28. The van der Waals surface area contributed by atoms with Gasteiger partial charge in [0.2, 0.25) is 5.91 Å². The largest absolute Gasteiger partial charge is 0.506 e. The van der Waals surface area contributed by atoms with E-state index in [0.29, 0.717) is 5.69 Å².